The van der Waals surface area contributed by atoms with Gasteiger partial charge in [0, 0.05) is 20.9 Å². The summed E-state index contributed by atoms with van der Waals surface area (Å²) in [4.78, 5) is 12.1. The van der Waals surface area contributed by atoms with Crippen LogP contribution in [0.4, 0.5) is 5.69 Å². The van der Waals surface area contributed by atoms with Crippen molar-refractivity contribution in [1.29, 1.82) is 0 Å². The van der Waals surface area contributed by atoms with Crippen LogP contribution in [0.3, 0.4) is 0 Å². The molecule has 0 spiro atoms. The van der Waals surface area contributed by atoms with Gasteiger partial charge in [-0.2, -0.15) is 0 Å². The molecular weight excluding hydrogens is 483 g/mol. The Labute approximate surface area is 183 Å². The third kappa shape index (κ3) is 5.53. The lowest BCUT2D eigenvalue weighted by Crippen LogP contribution is -2.33. The van der Waals surface area contributed by atoms with Gasteiger partial charge in [-0.1, -0.05) is 37.3 Å². The van der Waals surface area contributed by atoms with Crippen molar-refractivity contribution < 1.29 is 9.21 Å². The Hall–Kier alpha value is -2.45. The number of rotatable bonds is 5. The molecule has 0 bridgehead atoms. The highest BCUT2D eigenvalue weighted by atomic mass is 127. The maximum absolute atomic E-state index is 12.1. The van der Waals surface area contributed by atoms with E-state index in [0.717, 1.165) is 32.6 Å². The predicted octanol–water partition coefficient (Wildman–Crippen LogP) is 5.64. The minimum atomic E-state index is -0.321. The van der Waals surface area contributed by atoms with E-state index in [1.165, 1.54) is 6.08 Å². The van der Waals surface area contributed by atoms with E-state index in [1.54, 1.807) is 6.08 Å². The Bertz CT molecular complexity index is 1010. The van der Waals surface area contributed by atoms with Crippen LogP contribution in [-0.2, 0) is 11.2 Å². The van der Waals surface area contributed by atoms with Crippen molar-refractivity contribution in [1.82, 2.24) is 5.32 Å². The molecule has 142 valence electrons. The summed E-state index contributed by atoms with van der Waals surface area (Å²) in [6, 6.07) is 19.5. The Balaban J connectivity index is 1.58. The van der Waals surface area contributed by atoms with Gasteiger partial charge in [0.25, 0.3) is 0 Å². The summed E-state index contributed by atoms with van der Waals surface area (Å²) in [6.45, 7) is 2.08. The number of hydrogen-bond acceptors (Lipinski definition) is 3. The zero-order valence-corrected chi connectivity index (χ0v) is 18.2. The fraction of sp³-hybridized carbons (Fsp3) is 0.0909. The molecule has 0 radical (unpaired) electrons. The molecule has 0 unspecified atom stereocenters. The number of furan rings is 1. The number of anilines is 1. The Morgan fingerprint density at radius 2 is 1.93 bits per heavy atom. The first-order valence-corrected chi connectivity index (χ1v) is 10.3. The van der Waals surface area contributed by atoms with E-state index >= 15 is 0 Å². The molecule has 0 fully saturated rings. The summed E-state index contributed by atoms with van der Waals surface area (Å²) in [5.41, 5.74) is 3.03. The fourth-order valence-electron chi connectivity index (χ4n) is 2.64. The van der Waals surface area contributed by atoms with Gasteiger partial charge >= 0.3 is 0 Å². The first-order chi connectivity index (χ1) is 13.5. The molecule has 1 aromatic heterocycles. The van der Waals surface area contributed by atoms with Gasteiger partial charge in [-0.25, -0.2) is 0 Å². The number of amides is 1. The normalized spacial score (nSPS) is 10.8. The fourth-order valence-corrected chi connectivity index (χ4v) is 3.41. The molecule has 2 N–H and O–H groups in total. The van der Waals surface area contributed by atoms with E-state index in [-0.39, 0.29) is 11.0 Å². The van der Waals surface area contributed by atoms with Crippen molar-refractivity contribution in [2.24, 2.45) is 0 Å². The van der Waals surface area contributed by atoms with Crippen molar-refractivity contribution in [2.75, 3.05) is 5.32 Å². The predicted molar refractivity (Wildman–Crippen MR) is 126 cm³/mol. The quantitative estimate of drug-likeness (QED) is 0.270. The Morgan fingerprint density at radius 1 is 1.14 bits per heavy atom. The number of aryl methyl sites for hydroxylation is 1. The second-order valence-corrected chi connectivity index (χ2v) is 7.65. The van der Waals surface area contributed by atoms with Gasteiger partial charge in [-0.05, 0) is 83.2 Å². The van der Waals surface area contributed by atoms with Crippen LogP contribution in [0.2, 0.25) is 0 Å². The highest BCUT2D eigenvalue weighted by Crippen LogP contribution is 2.22. The number of carbonyl (C=O) groups excluding carboxylic acids is 1. The SMILES string of the molecule is CCc1cc(I)ccc1NC(=S)NC(=O)/C=C/c1ccc(-c2ccccc2)o1. The number of carbonyl (C=O) groups is 1. The Morgan fingerprint density at radius 3 is 2.68 bits per heavy atom. The molecule has 3 aromatic rings. The molecule has 3 rings (SSSR count). The zero-order chi connectivity index (χ0) is 19.9. The van der Waals surface area contributed by atoms with Crippen LogP contribution < -0.4 is 10.6 Å². The molecule has 28 heavy (non-hydrogen) atoms. The van der Waals surface area contributed by atoms with Crippen molar-refractivity contribution >= 4 is 57.6 Å². The molecule has 0 aliphatic carbocycles. The van der Waals surface area contributed by atoms with Crippen molar-refractivity contribution in [3.8, 4) is 11.3 Å². The summed E-state index contributed by atoms with van der Waals surface area (Å²) in [5.74, 6) is 1.03. The molecule has 0 aliphatic rings. The first kappa shape index (κ1) is 20.3. The zero-order valence-electron chi connectivity index (χ0n) is 15.2. The third-order valence-electron chi connectivity index (χ3n) is 4.02. The van der Waals surface area contributed by atoms with Gasteiger partial charge in [-0.15, -0.1) is 0 Å². The molecule has 0 saturated carbocycles. The summed E-state index contributed by atoms with van der Waals surface area (Å²) in [5, 5.41) is 6.00. The lowest BCUT2D eigenvalue weighted by Gasteiger charge is -2.12. The number of hydrogen-bond donors (Lipinski definition) is 2. The number of nitrogens with one attached hydrogen (secondary N) is 2. The average Bonchev–Trinajstić information content (AvgIpc) is 3.17. The number of benzene rings is 2. The van der Waals surface area contributed by atoms with Crippen LogP contribution in [0.25, 0.3) is 17.4 Å². The van der Waals surface area contributed by atoms with E-state index in [9.17, 15) is 4.79 Å². The standard InChI is InChI=1S/C22H19IN2O2S/c1-2-15-14-17(23)8-11-19(15)24-22(28)25-21(26)13-10-18-9-12-20(27-18)16-6-4-3-5-7-16/h3-14H,2H2,1H3,(H2,24,25,26,28)/b13-10+. The van der Waals surface area contributed by atoms with E-state index in [0.29, 0.717) is 5.76 Å². The van der Waals surface area contributed by atoms with Gasteiger partial charge in [0.15, 0.2) is 5.11 Å². The third-order valence-corrected chi connectivity index (χ3v) is 4.89. The van der Waals surface area contributed by atoms with Crippen LogP contribution >= 0.6 is 34.8 Å². The summed E-state index contributed by atoms with van der Waals surface area (Å²) < 4.78 is 6.90. The van der Waals surface area contributed by atoms with E-state index < -0.39 is 0 Å². The van der Waals surface area contributed by atoms with Gasteiger partial charge in [0.2, 0.25) is 5.91 Å². The number of halogens is 1. The summed E-state index contributed by atoms with van der Waals surface area (Å²) in [7, 11) is 0. The maximum Gasteiger partial charge on any atom is 0.250 e. The van der Waals surface area contributed by atoms with Crippen molar-refractivity contribution in [2.45, 2.75) is 13.3 Å². The van der Waals surface area contributed by atoms with Gasteiger partial charge in [0.1, 0.15) is 11.5 Å². The molecule has 1 amide bonds. The molecular formula is C22H19IN2O2S. The molecule has 0 atom stereocenters. The second-order valence-electron chi connectivity index (χ2n) is 6.00. The highest BCUT2D eigenvalue weighted by molar-refractivity contribution is 14.1. The average molecular weight is 502 g/mol. The van der Waals surface area contributed by atoms with Crippen LogP contribution in [0.5, 0.6) is 0 Å². The van der Waals surface area contributed by atoms with Gasteiger partial charge in [-0.3, -0.25) is 10.1 Å². The van der Waals surface area contributed by atoms with Crippen LogP contribution in [0.1, 0.15) is 18.2 Å². The Kier molecular flexibility index (Phi) is 7.00. The van der Waals surface area contributed by atoms with Crippen molar-refractivity contribution in [3.05, 3.63) is 81.6 Å². The summed E-state index contributed by atoms with van der Waals surface area (Å²) >= 11 is 7.52. The maximum atomic E-state index is 12.1. The smallest absolute Gasteiger partial charge is 0.250 e. The number of thiocarbonyl (C=S) groups is 1. The molecule has 0 saturated heterocycles. The molecule has 1 heterocycles. The van der Waals surface area contributed by atoms with Crippen LogP contribution in [0, 0.1) is 3.57 Å². The van der Waals surface area contributed by atoms with Gasteiger partial charge in [0.05, 0.1) is 0 Å². The molecule has 4 nitrogen and oxygen atoms in total. The topological polar surface area (TPSA) is 54.3 Å². The largest absolute Gasteiger partial charge is 0.457 e. The second kappa shape index (κ2) is 9.66. The van der Waals surface area contributed by atoms with E-state index in [2.05, 4.69) is 46.2 Å². The van der Waals surface area contributed by atoms with Crippen LogP contribution in [-0.4, -0.2) is 11.0 Å². The highest BCUT2D eigenvalue weighted by Gasteiger charge is 2.07. The lowest BCUT2D eigenvalue weighted by atomic mass is 10.1. The lowest BCUT2D eigenvalue weighted by molar-refractivity contribution is -0.115. The summed E-state index contributed by atoms with van der Waals surface area (Å²) in [6.07, 6.45) is 3.89. The molecule has 6 heteroatoms. The minimum absolute atomic E-state index is 0.259. The monoisotopic (exact) mass is 502 g/mol. The minimum Gasteiger partial charge on any atom is -0.457 e. The van der Waals surface area contributed by atoms with E-state index in [1.807, 2.05) is 54.6 Å². The first-order valence-electron chi connectivity index (χ1n) is 8.79. The molecule has 0 aliphatic heterocycles. The van der Waals surface area contributed by atoms with E-state index in [4.69, 9.17) is 16.6 Å². The van der Waals surface area contributed by atoms with Crippen molar-refractivity contribution in [3.63, 3.8) is 0 Å². The van der Waals surface area contributed by atoms with Gasteiger partial charge < -0.3 is 9.73 Å². The molecule has 2 aromatic carbocycles. The van der Waals surface area contributed by atoms with Crippen LogP contribution in [0.15, 0.2) is 71.2 Å².